The van der Waals surface area contributed by atoms with Crippen LogP contribution < -0.4 is 15.8 Å². The second-order valence-corrected chi connectivity index (χ2v) is 4.90. The van der Waals surface area contributed by atoms with Crippen LogP contribution in [0.1, 0.15) is 18.5 Å². The lowest BCUT2D eigenvalue weighted by molar-refractivity contribution is 0.179. The first-order chi connectivity index (χ1) is 9.11. The number of nitrogens with two attached hydrogens (primary N) is 1. The Morgan fingerprint density at radius 3 is 3.21 bits per heavy atom. The fraction of sp³-hybridized carbons (Fsp3) is 0.462. The van der Waals surface area contributed by atoms with Gasteiger partial charge in [0.15, 0.2) is 5.96 Å². The maximum absolute atomic E-state index is 6.17. The monoisotopic (exact) mass is 283 g/mol. The number of rotatable bonds is 4. The third-order valence-electron chi connectivity index (χ3n) is 2.85. The number of methoxy groups -OCH3 is 1. The molecule has 0 radical (unpaired) electrons. The summed E-state index contributed by atoms with van der Waals surface area (Å²) < 4.78 is 10.6. The Morgan fingerprint density at radius 1 is 1.68 bits per heavy atom. The van der Waals surface area contributed by atoms with E-state index in [2.05, 4.69) is 10.3 Å². The van der Waals surface area contributed by atoms with Crippen LogP contribution in [0.3, 0.4) is 0 Å². The van der Waals surface area contributed by atoms with Crippen molar-refractivity contribution in [2.75, 3.05) is 20.3 Å². The van der Waals surface area contributed by atoms with Crippen molar-refractivity contribution >= 4 is 17.6 Å². The van der Waals surface area contributed by atoms with Crippen LogP contribution >= 0.6 is 11.6 Å². The zero-order valence-electron chi connectivity index (χ0n) is 11.0. The summed E-state index contributed by atoms with van der Waals surface area (Å²) in [6.45, 7) is 2.99. The van der Waals surface area contributed by atoms with Crippen LogP contribution in [0.25, 0.3) is 0 Å². The molecule has 6 heteroatoms. The zero-order chi connectivity index (χ0) is 13.8. The fourth-order valence-corrected chi connectivity index (χ4v) is 2.36. The number of nitrogens with zero attached hydrogens (tertiary/aromatic N) is 1. The predicted molar refractivity (Wildman–Crippen MR) is 75.8 cm³/mol. The molecule has 104 valence electrons. The lowest BCUT2D eigenvalue weighted by atomic mass is 10.1. The second kappa shape index (κ2) is 6.12. The summed E-state index contributed by atoms with van der Waals surface area (Å²) in [6, 6.07) is 5.51. The molecule has 0 spiro atoms. The quantitative estimate of drug-likeness (QED) is 0.652. The molecule has 0 aliphatic carbocycles. The second-order valence-electron chi connectivity index (χ2n) is 4.49. The topological polar surface area (TPSA) is 68.9 Å². The standard InChI is InChI=1S/C13H18ClN3O2/c1-8(6-18-2)16-13(15)17-10-7-19-11-5-3-4-9(14)12(10)11/h3-5,8,10H,6-7H2,1-2H3,(H3,15,16,17). The Kier molecular flexibility index (Phi) is 4.50. The van der Waals surface area contributed by atoms with Gasteiger partial charge < -0.3 is 20.5 Å². The predicted octanol–water partition coefficient (Wildman–Crippen LogP) is 1.71. The van der Waals surface area contributed by atoms with Gasteiger partial charge in [-0.25, -0.2) is 4.99 Å². The Morgan fingerprint density at radius 2 is 2.47 bits per heavy atom. The molecule has 0 saturated heterocycles. The van der Waals surface area contributed by atoms with Gasteiger partial charge >= 0.3 is 0 Å². The highest BCUT2D eigenvalue weighted by Gasteiger charge is 2.26. The minimum absolute atomic E-state index is 0.0989. The van der Waals surface area contributed by atoms with E-state index in [1.807, 2.05) is 25.1 Å². The summed E-state index contributed by atoms with van der Waals surface area (Å²) in [5.74, 6) is 1.14. The highest BCUT2D eigenvalue weighted by atomic mass is 35.5. The van der Waals surface area contributed by atoms with Crippen LogP contribution in [0.15, 0.2) is 23.2 Å². The maximum atomic E-state index is 6.17. The Bertz CT molecular complexity index is 479. The van der Waals surface area contributed by atoms with Gasteiger partial charge in [0.05, 0.1) is 6.61 Å². The van der Waals surface area contributed by atoms with E-state index in [-0.39, 0.29) is 12.1 Å². The Hall–Kier alpha value is -1.46. The van der Waals surface area contributed by atoms with Gasteiger partial charge in [-0.1, -0.05) is 17.7 Å². The highest BCUT2D eigenvalue weighted by Crippen LogP contribution is 2.39. The number of aliphatic imine (C=N–C) groups is 1. The third kappa shape index (κ3) is 3.30. The molecule has 1 aliphatic heterocycles. The SMILES string of the molecule is COCC(C)NC(N)=NC1COc2cccc(Cl)c21. The molecule has 1 aromatic rings. The van der Waals surface area contributed by atoms with Crippen molar-refractivity contribution in [3.05, 3.63) is 28.8 Å². The summed E-state index contributed by atoms with van der Waals surface area (Å²) in [7, 11) is 1.65. The summed E-state index contributed by atoms with van der Waals surface area (Å²) in [6.07, 6.45) is 0. The highest BCUT2D eigenvalue weighted by molar-refractivity contribution is 6.31. The van der Waals surface area contributed by atoms with Crippen molar-refractivity contribution in [3.8, 4) is 5.75 Å². The normalized spacial score (nSPS) is 19.7. The van der Waals surface area contributed by atoms with E-state index in [0.717, 1.165) is 11.3 Å². The van der Waals surface area contributed by atoms with Crippen molar-refractivity contribution in [3.63, 3.8) is 0 Å². The molecular formula is C13H18ClN3O2. The van der Waals surface area contributed by atoms with Crippen molar-refractivity contribution in [2.24, 2.45) is 10.7 Å². The van der Waals surface area contributed by atoms with Crippen LogP contribution in [0, 0.1) is 0 Å². The van der Waals surface area contributed by atoms with E-state index in [9.17, 15) is 0 Å². The minimum atomic E-state index is -0.161. The summed E-state index contributed by atoms with van der Waals surface area (Å²) in [5, 5.41) is 3.72. The lowest BCUT2D eigenvalue weighted by Gasteiger charge is -2.14. The van der Waals surface area contributed by atoms with Gasteiger partial charge in [0.25, 0.3) is 0 Å². The fourth-order valence-electron chi connectivity index (χ4n) is 2.07. The average Bonchev–Trinajstić information content (AvgIpc) is 2.74. The molecule has 2 rings (SSSR count). The smallest absolute Gasteiger partial charge is 0.189 e. The van der Waals surface area contributed by atoms with E-state index in [1.165, 1.54) is 0 Å². The first-order valence-corrected chi connectivity index (χ1v) is 6.49. The molecule has 0 aromatic heterocycles. The van der Waals surface area contributed by atoms with Gasteiger partial charge in [-0.3, -0.25) is 0 Å². The van der Waals surface area contributed by atoms with Crippen LogP contribution in [-0.2, 0) is 4.74 Å². The van der Waals surface area contributed by atoms with Crippen molar-refractivity contribution in [1.29, 1.82) is 0 Å². The van der Waals surface area contributed by atoms with Crippen LogP contribution in [-0.4, -0.2) is 32.3 Å². The van der Waals surface area contributed by atoms with Gasteiger partial charge in [0.2, 0.25) is 0 Å². The number of nitrogens with one attached hydrogen (secondary N) is 1. The summed E-state index contributed by atoms with van der Waals surface area (Å²) in [4.78, 5) is 4.42. The molecule has 0 saturated carbocycles. The van der Waals surface area contributed by atoms with Crippen LogP contribution in [0.2, 0.25) is 5.02 Å². The number of hydrogen-bond acceptors (Lipinski definition) is 3. The molecule has 1 aromatic carbocycles. The molecule has 2 unspecified atom stereocenters. The third-order valence-corrected chi connectivity index (χ3v) is 3.18. The van der Waals surface area contributed by atoms with E-state index >= 15 is 0 Å². The lowest BCUT2D eigenvalue weighted by Crippen LogP contribution is -2.41. The average molecular weight is 284 g/mol. The van der Waals surface area contributed by atoms with Crippen LogP contribution in [0.5, 0.6) is 5.75 Å². The summed E-state index contributed by atoms with van der Waals surface area (Å²) >= 11 is 6.17. The molecule has 0 bridgehead atoms. The molecule has 3 N–H and O–H groups in total. The summed E-state index contributed by atoms with van der Waals surface area (Å²) in [5.41, 5.74) is 6.77. The largest absolute Gasteiger partial charge is 0.491 e. The van der Waals surface area contributed by atoms with Crippen molar-refractivity contribution in [1.82, 2.24) is 5.32 Å². The van der Waals surface area contributed by atoms with Crippen LogP contribution in [0.4, 0.5) is 0 Å². The van der Waals surface area contributed by atoms with Crippen molar-refractivity contribution in [2.45, 2.75) is 19.0 Å². The molecule has 0 amide bonds. The van der Waals surface area contributed by atoms with Gasteiger partial charge in [0.1, 0.15) is 18.4 Å². The van der Waals surface area contributed by atoms with E-state index in [4.69, 9.17) is 26.8 Å². The van der Waals surface area contributed by atoms with Gasteiger partial charge in [-0.2, -0.15) is 0 Å². The Labute approximate surface area is 117 Å². The number of ether oxygens (including phenoxy) is 2. The minimum Gasteiger partial charge on any atom is -0.491 e. The van der Waals surface area contributed by atoms with E-state index in [0.29, 0.717) is 24.2 Å². The molecular weight excluding hydrogens is 266 g/mol. The molecule has 0 fully saturated rings. The Balaban J connectivity index is 2.09. The molecule has 5 nitrogen and oxygen atoms in total. The van der Waals surface area contributed by atoms with Gasteiger partial charge in [0, 0.05) is 23.7 Å². The van der Waals surface area contributed by atoms with Gasteiger partial charge in [-0.05, 0) is 19.1 Å². The number of fused-ring (bicyclic) bond motifs is 1. The number of guanidine groups is 1. The van der Waals surface area contributed by atoms with Crippen molar-refractivity contribution < 1.29 is 9.47 Å². The number of halogens is 1. The number of benzene rings is 1. The zero-order valence-corrected chi connectivity index (χ0v) is 11.8. The van der Waals surface area contributed by atoms with Gasteiger partial charge in [-0.15, -0.1) is 0 Å². The molecule has 1 aliphatic rings. The van der Waals surface area contributed by atoms with E-state index < -0.39 is 0 Å². The van der Waals surface area contributed by atoms with E-state index in [1.54, 1.807) is 7.11 Å². The molecule has 2 atom stereocenters. The first kappa shape index (κ1) is 14.0. The first-order valence-electron chi connectivity index (χ1n) is 6.11. The molecule has 19 heavy (non-hydrogen) atoms. The number of hydrogen-bond donors (Lipinski definition) is 2. The molecule has 1 heterocycles. The maximum Gasteiger partial charge on any atom is 0.189 e.